The smallest absolute Gasteiger partial charge is 0.225 e. The number of ether oxygens (including phenoxy) is 1. The van der Waals surface area contributed by atoms with Crippen LogP contribution in [0.5, 0.6) is 0 Å². The zero-order chi connectivity index (χ0) is 9.84. The van der Waals surface area contributed by atoms with Crippen molar-refractivity contribution in [3.8, 4) is 0 Å². The molecule has 0 spiro atoms. The van der Waals surface area contributed by atoms with Crippen molar-refractivity contribution in [2.45, 2.75) is 19.8 Å². The molecule has 1 aliphatic heterocycles. The molecule has 0 aromatic rings. The van der Waals surface area contributed by atoms with Crippen molar-refractivity contribution in [1.29, 1.82) is 0 Å². The molecule has 0 aliphatic carbocycles. The summed E-state index contributed by atoms with van der Waals surface area (Å²) in [5, 5.41) is 0. The molecule has 0 radical (unpaired) electrons. The van der Waals surface area contributed by atoms with E-state index in [0.29, 0.717) is 18.9 Å². The molecule has 1 saturated heterocycles. The summed E-state index contributed by atoms with van der Waals surface area (Å²) in [6.07, 6.45) is 1.57. The van der Waals surface area contributed by atoms with Crippen LogP contribution in [0.15, 0.2) is 24.5 Å². The molecule has 0 aromatic heterocycles. The Hall–Kier alpha value is -1.25. The highest BCUT2D eigenvalue weighted by Crippen LogP contribution is 2.12. The quantitative estimate of drug-likeness (QED) is 0.487. The highest BCUT2D eigenvalue weighted by Gasteiger charge is 2.20. The molecule has 3 heteroatoms. The number of rotatable bonds is 4. The van der Waals surface area contributed by atoms with Gasteiger partial charge in [-0.3, -0.25) is 4.79 Å². The van der Waals surface area contributed by atoms with Gasteiger partial charge >= 0.3 is 0 Å². The second kappa shape index (κ2) is 4.12. The van der Waals surface area contributed by atoms with Crippen LogP contribution in [0.2, 0.25) is 0 Å². The summed E-state index contributed by atoms with van der Waals surface area (Å²) in [5.41, 5.74) is 0.798. The van der Waals surface area contributed by atoms with Gasteiger partial charge in [-0.25, -0.2) is 0 Å². The lowest BCUT2D eigenvalue weighted by Gasteiger charge is -2.17. The Morgan fingerprint density at radius 3 is 2.77 bits per heavy atom. The normalized spacial score (nSPS) is 16.1. The van der Waals surface area contributed by atoms with E-state index in [1.54, 1.807) is 4.90 Å². The fourth-order valence-electron chi connectivity index (χ4n) is 1.12. The summed E-state index contributed by atoms with van der Waals surface area (Å²) >= 11 is 0. The molecule has 1 heterocycles. The van der Waals surface area contributed by atoms with Crippen LogP contribution in [0, 0.1) is 0 Å². The molecule has 1 aliphatic rings. The van der Waals surface area contributed by atoms with Gasteiger partial charge in [0.25, 0.3) is 0 Å². The number of hydrogen-bond acceptors (Lipinski definition) is 2. The van der Waals surface area contributed by atoms with Crippen molar-refractivity contribution in [1.82, 2.24) is 4.90 Å². The molecule has 0 bridgehead atoms. The zero-order valence-electron chi connectivity index (χ0n) is 8.01. The third-order valence-corrected chi connectivity index (χ3v) is 2.04. The molecular formula is C10H15NO2. The first-order chi connectivity index (χ1) is 6.11. The molecule has 0 atom stereocenters. The fraction of sp³-hybridized carbons (Fsp3) is 0.500. The average Bonchev–Trinajstić information content (AvgIpc) is 2.47. The van der Waals surface area contributed by atoms with Crippen molar-refractivity contribution in [2.24, 2.45) is 0 Å². The van der Waals surface area contributed by atoms with Crippen LogP contribution in [-0.2, 0) is 9.53 Å². The van der Waals surface area contributed by atoms with E-state index in [1.807, 2.05) is 6.92 Å². The number of carbonyl (C=O) groups excluding carboxylic acids is 1. The van der Waals surface area contributed by atoms with Crippen molar-refractivity contribution in [2.75, 3.05) is 13.3 Å². The number of amides is 1. The summed E-state index contributed by atoms with van der Waals surface area (Å²) in [6.45, 7) is 10.3. The molecule has 72 valence electrons. The van der Waals surface area contributed by atoms with Gasteiger partial charge in [-0.2, -0.15) is 0 Å². The van der Waals surface area contributed by atoms with Crippen LogP contribution < -0.4 is 0 Å². The molecule has 3 nitrogen and oxygen atoms in total. The van der Waals surface area contributed by atoms with Crippen LogP contribution in [-0.4, -0.2) is 24.1 Å². The number of nitrogens with zero attached hydrogens (tertiary/aromatic N) is 1. The first-order valence-corrected chi connectivity index (χ1v) is 4.36. The lowest BCUT2D eigenvalue weighted by molar-refractivity contribution is -0.131. The van der Waals surface area contributed by atoms with E-state index in [-0.39, 0.29) is 5.91 Å². The SMILES string of the molecule is C=C(C)C(=C)OCN1CCCC1=O. The molecule has 0 N–H and O–H groups in total. The van der Waals surface area contributed by atoms with E-state index in [0.717, 1.165) is 18.5 Å². The third-order valence-electron chi connectivity index (χ3n) is 2.04. The first kappa shape index (κ1) is 9.84. The van der Waals surface area contributed by atoms with Crippen LogP contribution in [0.25, 0.3) is 0 Å². The summed E-state index contributed by atoms with van der Waals surface area (Å²) in [4.78, 5) is 12.8. The first-order valence-electron chi connectivity index (χ1n) is 4.36. The minimum Gasteiger partial charge on any atom is -0.473 e. The van der Waals surface area contributed by atoms with Crippen LogP contribution in [0.4, 0.5) is 0 Å². The molecule has 0 saturated carbocycles. The summed E-state index contributed by atoms with van der Waals surface area (Å²) in [5.74, 6) is 0.717. The Morgan fingerprint density at radius 2 is 2.31 bits per heavy atom. The number of allylic oxidation sites excluding steroid dienone is 1. The molecule has 0 unspecified atom stereocenters. The molecular weight excluding hydrogens is 166 g/mol. The summed E-state index contributed by atoms with van der Waals surface area (Å²) in [6, 6.07) is 0. The van der Waals surface area contributed by atoms with E-state index < -0.39 is 0 Å². The van der Waals surface area contributed by atoms with E-state index in [9.17, 15) is 4.79 Å². The maximum atomic E-state index is 11.2. The second-order valence-corrected chi connectivity index (χ2v) is 3.24. The van der Waals surface area contributed by atoms with Crippen molar-refractivity contribution >= 4 is 5.91 Å². The van der Waals surface area contributed by atoms with Crippen LogP contribution in [0.3, 0.4) is 0 Å². The van der Waals surface area contributed by atoms with E-state index in [1.165, 1.54) is 0 Å². The van der Waals surface area contributed by atoms with Gasteiger partial charge in [0.1, 0.15) is 5.76 Å². The van der Waals surface area contributed by atoms with Gasteiger partial charge in [0.2, 0.25) is 5.91 Å². The van der Waals surface area contributed by atoms with Crippen molar-refractivity contribution in [3.63, 3.8) is 0 Å². The highest BCUT2D eigenvalue weighted by atomic mass is 16.5. The maximum Gasteiger partial charge on any atom is 0.225 e. The Bertz CT molecular complexity index is 245. The average molecular weight is 181 g/mol. The summed E-state index contributed by atoms with van der Waals surface area (Å²) < 4.78 is 5.27. The van der Waals surface area contributed by atoms with Gasteiger partial charge in [0.05, 0.1) is 0 Å². The fourth-order valence-corrected chi connectivity index (χ4v) is 1.12. The van der Waals surface area contributed by atoms with Gasteiger partial charge in [0.15, 0.2) is 6.73 Å². The van der Waals surface area contributed by atoms with Crippen molar-refractivity contribution < 1.29 is 9.53 Å². The van der Waals surface area contributed by atoms with Gasteiger partial charge in [0, 0.05) is 13.0 Å². The molecule has 13 heavy (non-hydrogen) atoms. The van der Waals surface area contributed by atoms with Gasteiger partial charge in [-0.1, -0.05) is 13.2 Å². The number of hydrogen-bond donors (Lipinski definition) is 0. The lowest BCUT2D eigenvalue weighted by atomic mass is 10.3. The molecule has 1 fully saturated rings. The lowest BCUT2D eigenvalue weighted by Crippen LogP contribution is -2.27. The van der Waals surface area contributed by atoms with E-state index in [2.05, 4.69) is 13.2 Å². The van der Waals surface area contributed by atoms with Gasteiger partial charge < -0.3 is 9.64 Å². The topological polar surface area (TPSA) is 29.5 Å². The van der Waals surface area contributed by atoms with Crippen LogP contribution in [0.1, 0.15) is 19.8 Å². The largest absolute Gasteiger partial charge is 0.473 e. The number of carbonyl (C=O) groups is 1. The van der Waals surface area contributed by atoms with Crippen molar-refractivity contribution in [3.05, 3.63) is 24.5 Å². The molecule has 1 amide bonds. The molecule has 1 rings (SSSR count). The number of likely N-dealkylation sites (tertiary alicyclic amines) is 1. The Morgan fingerprint density at radius 1 is 1.62 bits per heavy atom. The van der Waals surface area contributed by atoms with E-state index in [4.69, 9.17) is 4.74 Å². The third kappa shape index (κ3) is 2.61. The Kier molecular flexibility index (Phi) is 3.12. The standard InChI is InChI=1S/C10H15NO2/c1-8(2)9(3)13-7-11-6-4-5-10(11)12/h1,3-7H2,2H3. The molecule has 0 aromatic carbocycles. The highest BCUT2D eigenvalue weighted by molar-refractivity contribution is 5.77. The maximum absolute atomic E-state index is 11.2. The Labute approximate surface area is 78.7 Å². The monoisotopic (exact) mass is 181 g/mol. The van der Waals surface area contributed by atoms with Gasteiger partial charge in [-0.15, -0.1) is 0 Å². The summed E-state index contributed by atoms with van der Waals surface area (Å²) in [7, 11) is 0. The predicted molar refractivity (Wildman–Crippen MR) is 50.9 cm³/mol. The minimum absolute atomic E-state index is 0.162. The zero-order valence-corrected chi connectivity index (χ0v) is 8.01. The minimum atomic E-state index is 0.162. The van der Waals surface area contributed by atoms with Crippen LogP contribution >= 0.6 is 0 Å². The predicted octanol–water partition coefficient (Wildman–Crippen LogP) is 1.67. The van der Waals surface area contributed by atoms with E-state index >= 15 is 0 Å². The Balaban J connectivity index is 2.30. The van der Waals surface area contributed by atoms with Gasteiger partial charge in [-0.05, 0) is 18.9 Å². The second-order valence-electron chi connectivity index (χ2n) is 3.24.